The van der Waals surface area contributed by atoms with Gasteiger partial charge in [-0.3, -0.25) is 9.59 Å². The van der Waals surface area contributed by atoms with Crippen LogP contribution in [0.5, 0.6) is 0 Å². The molecule has 0 bridgehead atoms. The van der Waals surface area contributed by atoms with Crippen LogP contribution in [0, 0.1) is 13.3 Å². The zero-order valence-electron chi connectivity index (χ0n) is 25.4. The molecule has 43 heavy (non-hydrogen) atoms. The van der Waals surface area contributed by atoms with Crippen molar-refractivity contribution >= 4 is 38.8 Å². The number of halogens is 2. The number of hydrogen-bond acceptors (Lipinski definition) is 8. The second kappa shape index (κ2) is 18.5. The van der Waals surface area contributed by atoms with Gasteiger partial charge in [-0.2, -0.15) is 0 Å². The Balaban J connectivity index is 0.000000275. The number of carbonyl (C=O) groups is 2. The molecule has 0 saturated carbocycles. The van der Waals surface area contributed by atoms with Crippen LogP contribution in [0.1, 0.15) is 52.7 Å². The molecule has 0 atom stereocenters. The zero-order chi connectivity index (χ0) is 31.9. The Morgan fingerprint density at radius 1 is 0.628 bits per heavy atom. The third-order valence-corrected chi connectivity index (χ3v) is 5.20. The molecule has 2 aromatic carbocycles. The van der Waals surface area contributed by atoms with Crippen molar-refractivity contribution in [2.24, 2.45) is 0 Å². The second-order valence-corrected chi connectivity index (χ2v) is 18.7. The molecule has 4 rings (SSSR count). The van der Waals surface area contributed by atoms with Crippen molar-refractivity contribution in [2.45, 2.75) is 65.8 Å². The molecule has 0 spiro atoms. The van der Waals surface area contributed by atoms with E-state index in [1.807, 2.05) is 113 Å². The maximum absolute atomic E-state index is 11.7. The van der Waals surface area contributed by atoms with Crippen LogP contribution in [0.4, 0.5) is 0 Å². The normalized spacial score (nSPS) is 14.2. The minimum atomic E-state index is -0.454. The molecule has 8 nitrogen and oxygen atoms in total. The van der Waals surface area contributed by atoms with E-state index in [2.05, 4.69) is 64.5 Å². The average Bonchev–Trinajstić information content (AvgIpc) is 3.52. The first kappa shape index (κ1) is 36.9. The first-order chi connectivity index (χ1) is 20.3. The van der Waals surface area contributed by atoms with Crippen molar-refractivity contribution in [1.29, 1.82) is 0 Å². The van der Waals surface area contributed by atoms with Crippen molar-refractivity contribution in [2.75, 3.05) is 13.1 Å². The Morgan fingerprint density at radius 2 is 0.930 bits per heavy atom. The van der Waals surface area contributed by atoms with Crippen molar-refractivity contribution < 1.29 is 33.0 Å². The Morgan fingerprint density at radius 3 is 1.23 bits per heavy atom. The van der Waals surface area contributed by atoms with Crippen molar-refractivity contribution in [3.63, 3.8) is 0 Å². The summed E-state index contributed by atoms with van der Waals surface area (Å²) in [5.74, 6) is -0.507. The van der Waals surface area contributed by atoms with Crippen LogP contribution in [0.3, 0.4) is 0 Å². The molecule has 0 aromatic heterocycles. The first-order valence-corrected chi connectivity index (χ1v) is 20.7. The predicted molar refractivity (Wildman–Crippen MR) is 172 cm³/mol. The Kier molecular flexibility index (Phi) is 15.8. The van der Waals surface area contributed by atoms with E-state index in [4.69, 9.17) is 9.47 Å². The van der Waals surface area contributed by atoms with Crippen LogP contribution in [-0.2, 0) is 46.1 Å². The molecule has 0 fully saturated rings. The summed E-state index contributed by atoms with van der Waals surface area (Å²) in [5, 5.41) is 0. The predicted octanol–water partition coefficient (Wildman–Crippen LogP) is 6.92. The molecule has 0 aliphatic carbocycles. The van der Waals surface area contributed by atoms with E-state index in [-0.39, 0.29) is 25.0 Å². The third kappa shape index (κ3) is 16.9. The number of ether oxygens (including phenoxy) is 2. The van der Waals surface area contributed by atoms with E-state index in [0.29, 0.717) is 13.9 Å². The van der Waals surface area contributed by atoms with Gasteiger partial charge in [0.15, 0.2) is 0 Å². The van der Waals surface area contributed by atoms with Crippen molar-refractivity contribution in [1.82, 2.24) is 19.6 Å². The van der Waals surface area contributed by atoms with Crippen LogP contribution < -0.4 is 0 Å². The van der Waals surface area contributed by atoms with E-state index in [0.717, 1.165) is 13.1 Å². The van der Waals surface area contributed by atoms with Gasteiger partial charge in [-0.15, -0.1) is 0 Å². The van der Waals surface area contributed by atoms with Gasteiger partial charge in [0.05, 0.1) is 0 Å². The molecule has 0 unspecified atom stereocenters. The zero-order valence-corrected chi connectivity index (χ0v) is 30.1. The van der Waals surface area contributed by atoms with Crippen LogP contribution in [-0.4, -0.2) is 55.8 Å². The fourth-order valence-electron chi connectivity index (χ4n) is 3.72. The summed E-state index contributed by atoms with van der Waals surface area (Å²) < 4.78 is 10.6. The van der Waals surface area contributed by atoms with Gasteiger partial charge in [-0.25, -0.2) is 0 Å². The van der Waals surface area contributed by atoms with Crippen LogP contribution >= 0.6 is 26.9 Å². The van der Waals surface area contributed by atoms with E-state index in [1.54, 1.807) is 9.80 Å². The fourth-order valence-corrected chi connectivity index (χ4v) is 3.72. The van der Waals surface area contributed by atoms with E-state index in [1.165, 1.54) is 11.1 Å². The van der Waals surface area contributed by atoms with Gasteiger partial charge < -0.3 is 29.1 Å². The number of hydrogen-bond donors (Lipinski definition) is 0. The summed E-state index contributed by atoms with van der Waals surface area (Å²) in [6.45, 7) is 19.2. The third-order valence-electron chi connectivity index (χ3n) is 5.20. The monoisotopic (exact) mass is 808 g/mol. The quantitative estimate of drug-likeness (QED) is 0.211. The Hall–Kier alpha value is -2.32. The number of esters is 2. The molecular weight excluding hydrogens is 771 g/mol. The minimum absolute atomic E-state index is 0.180. The number of rotatable bonds is 8. The van der Waals surface area contributed by atoms with E-state index >= 15 is 0 Å². The molecule has 2 aliphatic heterocycles. The molecule has 236 valence electrons. The first-order valence-electron chi connectivity index (χ1n) is 13.6. The molecule has 11 heteroatoms. The summed E-state index contributed by atoms with van der Waals surface area (Å²) in [4.78, 5) is 30.7. The molecule has 2 heterocycles. The maximum atomic E-state index is 11.7. The molecule has 0 N–H and O–H groups in total. The van der Waals surface area contributed by atoms with E-state index in [9.17, 15) is 9.59 Å². The second-order valence-electron chi connectivity index (χ2n) is 11.5. The molecule has 2 aromatic rings. The van der Waals surface area contributed by atoms with Crippen LogP contribution in [0.25, 0.3) is 0 Å². The number of carbonyl (C=O) groups excluding carboxylic acids is 2. The van der Waals surface area contributed by atoms with Gasteiger partial charge in [-0.1, -0.05) is 60.7 Å². The van der Waals surface area contributed by atoms with Gasteiger partial charge >= 0.3 is 52.7 Å². The van der Waals surface area contributed by atoms with Gasteiger partial charge in [0, 0.05) is 37.9 Å². The average molecular weight is 811 g/mol. The Bertz CT molecular complexity index is 1080. The molecule has 0 saturated heterocycles. The van der Waals surface area contributed by atoms with Crippen LogP contribution in [0.15, 0.2) is 85.5 Å². The van der Waals surface area contributed by atoms with Gasteiger partial charge in [-0.05, 0) is 52.7 Å². The number of benzene rings is 2. The van der Waals surface area contributed by atoms with Crippen molar-refractivity contribution in [3.05, 3.63) is 110 Å². The molecule has 0 amide bonds. The summed E-state index contributed by atoms with van der Waals surface area (Å²) in [6, 6.07) is 20.3. The summed E-state index contributed by atoms with van der Waals surface area (Å²) >= 11 is 6.80. The summed E-state index contributed by atoms with van der Waals surface area (Å²) in [6.07, 6.45) is 7.45. The van der Waals surface area contributed by atoms with Crippen molar-refractivity contribution in [3.8, 4) is 0 Å². The SMILES string of the molecule is CC(C)(C)OC(=O)CN1[C]N(Cc2ccccc2)C=C1.CC(C)(C)OC(=O)CN1[C]N(Cc2ccccc2)C=C1.[Br][Pd][Br]. The summed E-state index contributed by atoms with van der Waals surface area (Å²) in [5.41, 5.74) is 1.49. The molecule has 4 radical (unpaired) electrons. The fraction of sp³-hybridized carbons (Fsp3) is 0.375. The molecular formula is C32H40Br2N4O4Pd. The van der Waals surface area contributed by atoms with Crippen LogP contribution in [0.2, 0.25) is 0 Å². The van der Waals surface area contributed by atoms with Gasteiger partial charge in [0.2, 0.25) is 13.3 Å². The Labute approximate surface area is 278 Å². The number of nitrogens with zero attached hydrogens (tertiary/aromatic N) is 4. The summed E-state index contributed by atoms with van der Waals surface area (Å²) in [7, 11) is 0. The van der Waals surface area contributed by atoms with Gasteiger partial charge in [0.25, 0.3) is 0 Å². The van der Waals surface area contributed by atoms with E-state index < -0.39 is 11.2 Å². The standard InChI is InChI=1S/2C16H20N2O2.2BrH.Pd/c2*1-16(2,3)20-15(19)12-18-10-9-17(13-18)11-14-7-5-4-6-8-14;;;/h2*4-10H,11-12H2,1-3H3;2*1H;/q;;;;+2/p-2. The molecule has 2 aliphatic rings. The topological polar surface area (TPSA) is 65.6 Å². The van der Waals surface area contributed by atoms with Gasteiger partial charge in [0.1, 0.15) is 24.3 Å².